The minimum Gasteiger partial charge on any atom is -0.433 e. The second kappa shape index (κ2) is 6.16. The van der Waals surface area contributed by atoms with E-state index in [-0.39, 0.29) is 11.4 Å². The van der Waals surface area contributed by atoms with Gasteiger partial charge in [0.05, 0.1) is 15.5 Å². The van der Waals surface area contributed by atoms with Gasteiger partial charge in [-0.3, -0.25) is 9.48 Å². The van der Waals surface area contributed by atoms with Crippen molar-refractivity contribution < 1.29 is 18.3 Å². The number of nitrogens with one attached hydrogen (secondary N) is 1. The largest absolute Gasteiger partial charge is 0.433 e. The summed E-state index contributed by atoms with van der Waals surface area (Å²) in [6, 6.07) is 6.00. The van der Waals surface area contributed by atoms with Crippen LogP contribution in [0.25, 0.3) is 0 Å². The Morgan fingerprint density at radius 1 is 1.45 bits per heavy atom. The number of carbonyl (C=O) groups excluding carboxylic acids is 1. The van der Waals surface area contributed by atoms with Crippen LogP contribution in [-0.4, -0.2) is 22.3 Å². The Hall–Kier alpha value is -1.71. The number of aryl methyl sites for hydroxylation is 1. The van der Waals surface area contributed by atoms with Crippen LogP contribution in [0.4, 0.5) is 14.5 Å². The number of ether oxygens (including phenoxy) is 1. The first-order valence-electron chi connectivity index (χ1n) is 5.51. The summed E-state index contributed by atoms with van der Waals surface area (Å²) in [4.78, 5) is 12.1. The predicted octanol–water partition coefficient (Wildman–Crippen LogP) is 2.88. The lowest BCUT2D eigenvalue weighted by Crippen LogP contribution is -2.18. The fourth-order valence-corrected chi connectivity index (χ4v) is 2.33. The lowest BCUT2D eigenvalue weighted by Gasteiger charge is -2.11. The van der Waals surface area contributed by atoms with Gasteiger partial charge in [0.25, 0.3) is 5.91 Å². The maximum Gasteiger partial charge on any atom is 0.387 e. The molecule has 0 spiro atoms. The van der Waals surface area contributed by atoms with Gasteiger partial charge in [0.1, 0.15) is 11.4 Å². The predicted molar refractivity (Wildman–Crippen MR) is 77.0 cm³/mol. The molecule has 1 amide bonds. The van der Waals surface area contributed by atoms with Crippen molar-refractivity contribution in [2.45, 2.75) is 6.61 Å². The lowest BCUT2D eigenvalue weighted by atomic mass is 10.3. The number of hydrogen-bond acceptors (Lipinski definition) is 3. The molecule has 1 heterocycles. The molecule has 8 heteroatoms. The number of rotatable bonds is 4. The fourth-order valence-electron chi connectivity index (χ4n) is 1.62. The van der Waals surface area contributed by atoms with Gasteiger partial charge in [0, 0.05) is 7.05 Å². The third kappa shape index (κ3) is 3.24. The zero-order valence-corrected chi connectivity index (χ0v) is 12.5. The third-order valence-electron chi connectivity index (χ3n) is 2.46. The summed E-state index contributed by atoms with van der Waals surface area (Å²) >= 11 is 1.97. The van der Waals surface area contributed by atoms with Gasteiger partial charge in [-0.05, 0) is 34.7 Å². The molecule has 0 bridgehead atoms. The maximum atomic E-state index is 12.3. The molecule has 1 aromatic heterocycles. The van der Waals surface area contributed by atoms with Gasteiger partial charge in [0.15, 0.2) is 0 Å². The van der Waals surface area contributed by atoms with E-state index in [2.05, 4.69) is 15.2 Å². The van der Waals surface area contributed by atoms with E-state index in [1.54, 1.807) is 19.2 Å². The zero-order valence-electron chi connectivity index (χ0n) is 10.3. The van der Waals surface area contributed by atoms with E-state index in [1.807, 2.05) is 22.6 Å². The molecule has 0 aliphatic rings. The molecule has 1 N–H and O–H groups in total. The number of anilines is 1. The van der Waals surface area contributed by atoms with E-state index in [0.29, 0.717) is 9.26 Å². The van der Waals surface area contributed by atoms with Crippen molar-refractivity contribution in [2.75, 3.05) is 5.32 Å². The van der Waals surface area contributed by atoms with Gasteiger partial charge in [-0.15, -0.1) is 0 Å². The van der Waals surface area contributed by atoms with E-state index in [9.17, 15) is 13.6 Å². The van der Waals surface area contributed by atoms with E-state index >= 15 is 0 Å². The average molecular weight is 393 g/mol. The SMILES string of the molecule is Cn1ncc(I)c1C(=O)Nc1ccccc1OC(F)F. The average Bonchev–Trinajstić information content (AvgIpc) is 2.71. The Kier molecular flexibility index (Phi) is 4.53. The standard InChI is InChI=1S/C12H10F2IN3O2/c1-18-10(7(15)6-16-18)11(19)17-8-4-2-3-5-9(8)20-12(13)14/h2-6,12H,1H3,(H,17,19). The normalized spacial score (nSPS) is 10.7. The highest BCUT2D eigenvalue weighted by molar-refractivity contribution is 14.1. The number of amides is 1. The van der Waals surface area contributed by atoms with Crippen LogP contribution in [0, 0.1) is 3.57 Å². The molecule has 0 aliphatic heterocycles. The Labute approximate surface area is 127 Å². The highest BCUT2D eigenvalue weighted by Crippen LogP contribution is 2.26. The van der Waals surface area contributed by atoms with Gasteiger partial charge < -0.3 is 10.1 Å². The summed E-state index contributed by atoms with van der Waals surface area (Å²) in [5.41, 5.74) is 0.521. The highest BCUT2D eigenvalue weighted by atomic mass is 127. The summed E-state index contributed by atoms with van der Waals surface area (Å²) in [6.07, 6.45) is 1.54. The van der Waals surface area contributed by atoms with Crippen molar-refractivity contribution in [1.29, 1.82) is 0 Å². The molecule has 0 aliphatic carbocycles. The number of aromatic nitrogens is 2. The molecule has 2 aromatic rings. The molecule has 1 aromatic carbocycles. The van der Waals surface area contributed by atoms with Crippen LogP contribution in [-0.2, 0) is 7.05 Å². The number of carbonyl (C=O) groups is 1. The number of alkyl halides is 2. The first-order valence-corrected chi connectivity index (χ1v) is 6.59. The zero-order chi connectivity index (χ0) is 14.7. The molecule has 0 radical (unpaired) electrons. The summed E-state index contributed by atoms with van der Waals surface area (Å²) in [5, 5.41) is 6.48. The Balaban J connectivity index is 2.24. The van der Waals surface area contributed by atoms with Gasteiger partial charge in [-0.25, -0.2) is 0 Å². The summed E-state index contributed by atoms with van der Waals surface area (Å²) in [7, 11) is 1.62. The monoisotopic (exact) mass is 393 g/mol. The quantitative estimate of drug-likeness (QED) is 0.814. The Morgan fingerprint density at radius 3 is 2.75 bits per heavy atom. The van der Waals surface area contributed by atoms with Crippen LogP contribution < -0.4 is 10.1 Å². The minimum absolute atomic E-state index is 0.0898. The van der Waals surface area contributed by atoms with Crippen LogP contribution in [0.1, 0.15) is 10.5 Å². The molecule has 20 heavy (non-hydrogen) atoms. The van der Waals surface area contributed by atoms with E-state index in [0.717, 1.165) is 0 Å². The van der Waals surface area contributed by atoms with E-state index in [1.165, 1.54) is 23.0 Å². The van der Waals surface area contributed by atoms with Crippen LogP contribution in [0.2, 0.25) is 0 Å². The molecular formula is C12H10F2IN3O2. The van der Waals surface area contributed by atoms with Crippen LogP contribution >= 0.6 is 22.6 Å². The molecule has 0 saturated heterocycles. The molecular weight excluding hydrogens is 383 g/mol. The minimum atomic E-state index is -2.95. The van der Waals surface area contributed by atoms with E-state index in [4.69, 9.17) is 0 Å². The second-order valence-electron chi connectivity index (χ2n) is 3.79. The van der Waals surface area contributed by atoms with Gasteiger partial charge >= 0.3 is 6.61 Å². The first kappa shape index (κ1) is 14.7. The number of hydrogen-bond donors (Lipinski definition) is 1. The van der Waals surface area contributed by atoms with Crippen molar-refractivity contribution in [1.82, 2.24) is 9.78 Å². The molecule has 2 rings (SSSR count). The van der Waals surface area contributed by atoms with Crippen LogP contribution in [0.15, 0.2) is 30.5 Å². The van der Waals surface area contributed by atoms with Crippen molar-refractivity contribution in [3.05, 3.63) is 39.7 Å². The summed E-state index contributed by atoms with van der Waals surface area (Å²) in [5.74, 6) is -0.534. The summed E-state index contributed by atoms with van der Waals surface area (Å²) < 4.78 is 31.0. The van der Waals surface area contributed by atoms with Crippen molar-refractivity contribution >= 4 is 34.2 Å². The smallest absolute Gasteiger partial charge is 0.387 e. The van der Waals surface area contributed by atoms with Gasteiger partial charge in [0.2, 0.25) is 0 Å². The third-order valence-corrected chi connectivity index (χ3v) is 3.25. The number of para-hydroxylation sites is 2. The van der Waals surface area contributed by atoms with Crippen molar-refractivity contribution in [3.8, 4) is 5.75 Å². The van der Waals surface area contributed by atoms with E-state index < -0.39 is 12.5 Å². The van der Waals surface area contributed by atoms with Crippen LogP contribution in [0.5, 0.6) is 5.75 Å². The van der Waals surface area contributed by atoms with Crippen molar-refractivity contribution in [2.24, 2.45) is 7.05 Å². The highest BCUT2D eigenvalue weighted by Gasteiger charge is 2.17. The fraction of sp³-hybridized carbons (Fsp3) is 0.167. The van der Waals surface area contributed by atoms with Crippen LogP contribution in [0.3, 0.4) is 0 Å². The first-order chi connectivity index (χ1) is 9.49. The topological polar surface area (TPSA) is 56.2 Å². The summed E-state index contributed by atoms with van der Waals surface area (Å²) in [6.45, 7) is -2.95. The molecule has 0 fully saturated rings. The maximum absolute atomic E-state index is 12.3. The molecule has 0 unspecified atom stereocenters. The molecule has 0 atom stereocenters. The Bertz CT molecular complexity index is 611. The Morgan fingerprint density at radius 2 is 2.15 bits per heavy atom. The van der Waals surface area contributed by atoms with Gasteiger partial charge in [-0.2, -0.15) is 13.9 Å². The van der Waals surface area contributed by atoms with Gasteiger partial charge in [-0.1, -0.05) is 12.1 Å². The number of benzene rings is 1. The lowest BCUT2D eigenvalue weighted by molar-refractivity contribution is -0.0493. The molecule has 5 nitrogen and oxygen atoms in total. The number of nitrogens with zero attached hydrogens (tertiary/aromatic N) is 2. The number of halogens is 3. The molecule has 106 valence electrons. The van der Waals surface area contributed by atoms with Crippen molar-refractivity contribution in [3.63, 3.8) is 0 Å². The molecule has 0 saturated carbocycles. The second-order valence-corrected chi connectivity index (χ2v) is 4.96.